The molecule has 0 N–H and O–H groups in total. The maximum Gasteiger partial charge on any atom is 0.252 e. The summed E-state index contributed by atoms with van der Waals surface area (Å²) in [6.45, 7) is 6.01. The third kappa shape index (κ3) is 3.69. The normalized spacial score (nSPS) is 15.9. The molecule has 0 aliphatic carbocycles. The molecule has 1 aliphatic heterocycles. The van der Waals surface area contributed by atoms with Gasteiger partial charge in [0.1, 0.15) is 21.7 Å². The Morgan fingerprint density at radius 1 is 1.04 bits per heavy atom. The van der Waals surface area contributed by atoms with Crippen molar-refractivity contribution >= 4 is 27.2 Å². The smallest absolute Gasteiger partial charge is 0.252 e. The van der Waals surface area contributed by atoms with Crippen molar-refractivity contribution < 1.29 is 8.42 Å². The highest BCUT2D eigenvalue weighted by molar-refractivity contribution is 7.91. The number of hydrogen-bond acceptors (Lipinski definition) is 6. The van der Waals surface area contributed by atoms with Crippen LogP contribution in [0.1, 0.15) is 17.6 Å². The van der Waals surface area contributed by atoms with Crippen molar-refractivity contribution in [3.05, 3.63) is 53.4 Å². The quantitative estimate of drug-likeness (QED) is 0.638. The zero-order valence-corrected chi connectivity index (χ0v) is 17.6. The van der Waals surface area contributed by atoms with Gasteiger partial charge in [0.15, 0.2) is 0 Å². The molecule has 7 nitrogen and oxygen atoms in total. The summed E-state index contributed by atoms with van der Waals surface area (Å²) in [6.07, 6.45) is 4.74. The van der Waals surface area contributed by atoms with E-state index in [-0.39, 0.29) is 0 Å². The SMILES string of the molecule is CCc1ccc(S(=O)(=O)N2CCN(c3cc(-n4cccc4)nc(C)n3)CC2)s1. The number of piperazine rings is 1. The number of rotatable bonds is 5. The van der Waals surface area contributed by atoms with Gasteiger partial charge in [0.25, 0.3) is 10.0 Å². The number of anilines is 1. The molecule has 0 amide bonds. The average molecular weight is 418 g/mol. The minimum absolute atomic E-state index is 0.436. The fraction of sp³-hybridized carbons (Fsp3) is 0.368. The standard InChI is InChI=1S/C19H23N5O2S2/c1-3-16-6-7-19(27-16)28(25,26)24-12-10-23(11-13-24)18-14-17(20-15(2)21-18)22-8-4-5-9-22/h4-9,14H,3,10-13H2,1-2H3. The van der Waals surface area contributed by atoms with Crippen LogP contribution < -0.4 is 4.90 Å². The van der Waals surface area contributed by atoms with E-state index in [1.54, 1.807) is 10.4 Å². The van der Waals surface area contributed by atoms with Gasteiger partial charge in [0, 0.05) is 49.5 Å². The molecule has 0 bridgehead atoms. The van der Waals surface area contributed by atoms with E-state index >= 15 is 0 Å². The van der Waals surface area contributed by atoms with Gasteiger partial charge in [0.2, 0.25) is 0 Å². The van der Waals surface area contributed by atoms with E-state index < -0.39 is 10.0 Å². The molecule has 3 aromatic heterocycles. The Morgan fingerprint density at radius 3 is 2.36 bits per heavy atom. The second-order valence-corrected chi connectivity index (χ2v) is 10.0. The van der Waals surface area contributed by atoms with Crippen LogP contribution in [0.3, 0.4) is 0 Å². The van der Waals surface area contributed by atoms with E-state index in [0.717, 1.165) is 22.9 Å². The molecule has 1 saturated heterocycles. The molecule has 148 valence electrons. The van der Waals surface area contributed by atoms with Gasteiger partial charge in [0.05, 0.1) is 0 Å². The maximum atomic E-state index is 12.9. The summed E-state index contributed by atoms with van der Waals surface area (Å²) < 4.78 is 29.8. The van der Waals surface area contributed by atoms with Gasteiger partial charge in [-0.3, -0.25) is 0 Å². The van der Waals surface area contributed by atoms with Crippen LogP contribution in [0.25, 0.3) is 5.82 Å². The fourth-order valence-electron chi connectivity index (χ4n) is 3.29. The topological polar surface area (TPSA) is 71.3 Å². The summed E-state index contributed by atoms with van der Waals surface area (Å²) in [6, 6.07) is 9.48. The van der Waals surface area contributed by atoms with Gasteiger partial charge in [-0.1, -0.05) is 6.92 Å². The highest BCUT2D eigenvalue weighted by Crippen LogP contribution is 2.27. The van der Waals surface area contributed by atoms with E-state index in [2.05, 4.69) is 14.9 Å². The minimum atomic E-state index is -3.42. The van der Waals surface area contributed by atoms with Crippen LogP contribution in [0.5, 0.6) is 0 Å². The van der Waals surface area contributed by atoms with E-state index in [0.29, 0.717) is 36.2 Å². The van der Waals surface area contributed by atoms with Crippen molar-refractivity contribution in [3.8, 4) is 5.82 Å². The second kappa shape index (κ2) is 7.65. The highest BCUT2D eigenvalue weighted by Gasteiger charge is 2.30. The van der Waals surface area contributed by atoms with Gasteiger partial charge < -0.3 is 9.47 Å². The van der Waals surface area contributed by atoms with Gasteiger partial charge in [-0.15, -0.1) is 11.3 Å². The summed E-state index contributed by atoms with van der Waals surface area (Å²) in [5.41, 5.74) is 0. The van der Waals surface area contributed by atoms with Crippen LogP contribution in [0, 0.1) is 6.92 Å². The molecule has 0 radical (unpaired) electrons. The Morgan fingerprint density at radius 2 is 1.71 bits per heavy atom. The molecule has 1 aliphatic rings. The molecule has 0 atom stereocenters. The van der Waals surface area contributed by atoms with Crippen molar-refractivity contribution in [2.75, 3.05) is 31.1 Å². The summed E-state index contributed by atoms with van der Waals surface area (Å²) in [5, 5.41) is 0. The monoisotopic (exact) mass is 417 g/mol. The van der Waals surface area contributed by atoms with Gasteiger partial charge in [-0.05, 0) is 37.6 Å². The van der Waals surface area contributed by atoms with Crippen molar-refractivity contribution in [2.45, 2.75) is 24.5 Å². The van der Waals surface area contributed by atoms with Crippen LogP contribution in [0.4, 0.5) is 5.82 Å². The molecule has 9 heteroatoms. The number of aromatic nitrogens is 3. The molecule has 0 saturated carbocycles. The first-order valence-electron chi connectivity index (χ1n) is 9.30. The van der Waals surface area contributed by atoms with Gasteiger partial charge in [-0.2, -0.15) is 4.31 Å². The lowest BCUT2D eigenvalue weighted by atomic mass is 10.3. The number of hydrogen-bond donors (Lipinski definition) is 0. The zero-order valence-electron chi connectivity index (χ0n) is 15.9. The summed E-state index contributed by atoms with van der Waals surface area (Å²) in [4.78, 5) is 12.3. The van der Waals surface area contributed by atoms with Gasteiger partial charge >= 0.3 is 0 Å². The molecule has 0 spiro atoms. The van der Waals surface area contributed by atoms with Gasteiger partial charge in [-0.25, -0.2) is 18.4 Å². The Balaban J connectivity index is 1.50. The number of nitrogens with zero attached hydrogens (tertiary/aromatic N) is 5. The molecular formula is C19H23N5O2S2. The lowest BCUT2D eigenvalue weighted by molar-refractivity contribution is 0.384. The highest BCUT2D eigenvalue weighted by atomic mass is 32.2. The van der Waals surface area contributed by atoms with E-state index in [1.807, 2.05) is 55.1 Å². The van der Waals surface area contributed by atoms with Crippen molar-refractivity contribution in [3.63, 3.8) is 0 Å². The third-order valence-electron chi connectivity index (χ3n) is 4.82. The lowest BCUT2D eigenvalue weighted by Crippen LogP contribution is -2.48. The van der Waals surface area contributed by atoms with Crippen LogP contribution >= 0.6 is 11.3 Å². The molecule has 28 heavy (non-hydrogen) atoms. The second-order valence-electron chi connectivity index (χ2n) is 6.69. The minimum Gasteiger partial charge on any atom is -0.354 e. The molecule has 0 unspecified atom stereocenters. The third-order valence-corrected chi connectivity index (χ3v) is 8.42. The summed E-state index contributed by atoms with van der Waals surface area (Å²) >= 11 is 1.37. The maximum absolute atomic E-state index is 12.9. The van der Waals surface area contributed by atoms with Crippen molar-refractivity contribution in [1.29, 1.82) is 0 Å². The van der Waals surface area contributed by atoms with E-state index in [9.17, 15) is 8.42 Å². The zero-order chi connectivity index (χ0) is 19.7. The molecule has 4 rings (SSSR count). The first-order valence-corrected chi connectivity index (χ1v) is 11.6. The fourth-order valence-corrected chi connectivity index (χ4v) is 6.16. The predicted octanol–water partition coefficient (Wildman–Crippen LogP) is 2.71. The van der Waals surface area contributed by atoms with Crippen molar-refractivity contribution in [2.24, 2.45) is 0 Å². The predicted molar refractivity (Wildman–Crippen MR) is 111 cm³/mol. The summed E-state index contributed by atoms with van der Waals surface area (Å²) in [5.74, 6) is 2.34. The molecule has 4 heterocycles. The largest absolute Gasteiger partial charge is 0.354 e. The first kappa shape index (κ1) is 19.1. The number of thiophene rings is 1. The van der Waals surface area contributed by atoms with Crippen LogP contribution in [-0.4, -0.2) is 53.4 Å². The Bertz CT molecular complexity index is 1050. The van der Waals surface area contributed by atoms with Crippen molar-refractivity contribution in [1.82, 2.24) is 18.8 Å². The Labute approximate surface area is 169 Å². The number of aryl methyl sites for hydroxylation is 2. The molecule has 0 aromatic carbocycles. The van der Waals surface area contributed by atoms with Crippen LogP contribution in [0.2, 0.25) is 0 Å². The van der Waals surface area contributed by atoms with Crippen LogP contribution in [-0.2, 0) is 16.4 Å². The Hall–Kier alpha value is -2.23. The van der Waals surface area contributed by atoms with E-state index in [4.69, 9.17) is 0 Å². The average Bonchev–Trinajstić information content (AvgIpc) is 3.39. The van der Waals surface area contributed by atoms with E-state index in [1.165, 1.54) is 11.3 Å². The molecule has 1 fully saturated rings. The Kier molecular flexibility index (Phi) is 5.22. The van der Waals surface area contributed by atoms with Crippen LogP contribution in [0.15, 0.2) is 46.9 Å². The first-order chi connectivity index (χ1) is 13.5. The molecular weight excluding hydrogens is 394 g/mol. The number of sulfonamides is 1. The lowest BCUT2D eigenvalue weighted by Gasteiger charge is -2.34. The molecule has 3 aromatic rings. The summed E-state index contributed by atoms with van der Waals surface area (Å²) in [7, 11) is -3.42.